The highest BCUT2D eigenvalue weighted by molar-refractivity contribution is 5.92. The van der Waals surface area contributed by atoms with Gasteiger partial charge in [-0.05, 0) is 0 Å². The summed E-state index contributed by atoms with van der Waals surface area (Å²) in [4.78, 5) is 10.9. The normalized spacial score (nSPS) is 9.50. The minimum absolute atomic E-state index is 0.356. The van der Waals surface area contributed by atoms with Crippen LogP contribution in [0.4, 0.5) is 4.79 Å². The minimum Gasteiger partial charge on any atom is -0.368 e. The van der Waals surface area contributed by atoms with Crippen LogP contribution in [0, 0.1) is 5.41 Å². The molecule has 0 heterocycles. The molecular formula is C8H15N5O. The molecule has 0 aromatic carbocycles. The predicted octanol–water partition coefficient (Wildman–Crippen LogP) is -0.150. The van der Waals surface area contributed by atoms with Gasteiger partial charge < -0.3 is 11.5 Å². The molecular weight excluding hydrogens is 182 g/mol. The van der Waals surface area contributed by atoms with Crippen molar-refractivity contribution in [3.63, 3.8) is 0 Å². The summed E-state index contributed by atoms with van der Waals surface area (Å²) in [5.41, 5.74) is 10.3. The molecule has 0 saturated heterocycles. The largest absolute Gasteiger partial charge is 0.368 e. The number of carbonyl (C=O) groups excluding carboxylic acids is 1. The summed E-state index contributed by atoms with van der Waals surface area (Å²) >= 11 is 0. The van der Waals surface area contributed by atoms with Crippen molar-refractivity contribution >= 4 is 12.0 Å². The number of carbonyl (C=O) groups is 1. The van der Waals surface area contributed by atoms with Crippen LogP contribution in [0.5, 0.6) is 0 Å². The van der Waals surface area contributed by atoms with Gasteiger partial charge in [0.2, 0.25) is 5.96 Å². The molecule has 0 bridgehead atoms. The lowest BCUT2D eigenvalue weighted by Gasteiger charge is -2.30. The molecule has 0 saturated carbocycles. The van der Waals surface area contributed by atoms with E-state index in [4.69, 9.17) is 16.9 Å². The van der Waals surface area contributed by atoms with E-state index in [-0.39, 0.29) is 0 Å². The number of nitrogens with one attached hydrogen (secondary N) is 1. The van der Waals surface area contributed by atoms with E-state index in [1.165, 1.54) is 5.01 Å². The van der Waals surface area contributed by atoms with Gasteiger partial charge in [0.25, 0.3) is 0 Å². The van der Waals surface area contributed by atoms with E-state index in [0.29, 0.717) is 13.1 Å². The van der Waals surface area contributed by atoms with Crippen molar-refractivity contribution in [2.24, 2.45) is 11.5 Å². The van der Waals surface area contributed by atoms with Crippen LogP contribution in [-0.2, 0) is 0 Å². The zero-order valence-electron chi connectivity index (χ0n) is 7.94. The van der Waals surface area contributed by atoms with Gasteiger partial charge in [-0.1, -0.05) is 12.2 Å². The first-order chi connectivity index (χ1) is 6.54. The second-order valence-corrected chi connectivity index (χ2v) is 2.48. The molecule has 6 nitrogen and oxygen atoms in total. The molecule has 2 amide bonds. The van der Waals surface area contributed by atoms with Gasteiger partial charge in [-0.15, -0.1) is 13.2 Å². The molecule has 0 atom stereocenters. The highest BCUT2D eigenvalue weighted by Gasteiger charge is 2.19. The molecule has 0 aliphatic rings. The third-order valence-corrected chi connectivity index (χ3v) is 1.40. The molecule has 0 unspecified atom stereocenters. The Kier molecular flexibility index (Phi) is 5.01. The maximum atomic E-state index is 10.9. The van der Waals surface area contributed by atoms with E-state index < -0.39 is 12.0 Å². The maximum absolute atomic E-state index is 10.9. The fourth-order valence-electron chi connectivity index (χ4n) is 0.946. The van der Waals surface area contributed by atoms with Crippen molar-refractivity contribution in [1.82, 2.24) is 10.0 Å². The van der Waals surface area contributed by atoms with Gasteiger partial charge in [0, 0.05) is 13.1 Å². The number of nitrogens with zero attached hydrogens (tertiary/aromatic N) is 2. The molecule has 0 spiro atoms. The topological polar surface area (TPSA) is 99.4 Å². The van der Waals surface area contributed by atoms with E-state index >= 15 is 0 Å². The lowest BCUT2D eigenvalue weighted by molar-refractivity contribution is 0.102. The summed E-state index contributed by atoms with van der Waals surface area (Å²) in [6.07, 6.45) is 3.14. The van der Waals surface area contributed by atoms with Crippen molar-refractivity contribution in [2.45, 2.75) is 0 Å². The molecule has 0 aliphatic carbocycles. The average Bonchev–Trinajstić information content (AvgIpc) is 2.03. The summed E-state index contributed by atoms with van der Waals surface area (Å²) in [7, 11) is 0. The predicted molar refractivity (Wildman–Crippen MR) is 55.3 cm³/mol. The molecule has 0 aliphatic heterocycles. The van der Waals surface area contributed by atoms with Crippen molar-refractivity contribution in [3.05, 3.63) is 25.3 Å². The first-order valence-electron chi connectivity index (χ1n) is 3.94. The van der Waals surface area contributed by atoms with Gasteiger partial charge in [0.1, 0.15) is 0 Å². The molecule has 0 aromatic heterocycles. The van der Waals surface area contributed by atoms with Crippen LogP contribution < -0.4 is 11.5 Å². The Bertz CT molecular complexity index is 226. The lowest BCUT2D eigenvalue weighted by Crippen LogP contribution is -2.54. The summed E-state index contributed by atoms with van der Waals surface area (Å²) in [5.74, 6) is -0.429. The highest BCUT2D eigenvalue weighted by Crippen LogP contribution is 1.97. The van der Waals surface area contributed by atoms with Crippen LogP contribution in [0.1, 0.15) is 0 Å². The summed E-state index contributed by atoms with van der Waals surface area (Å²) < 4.78 is 0. The molecule has 14 heavy (non-hydrogen) atoms. The van der Waals surface area contributed by atoms with Crippen molar-refractivity contribution < 1.29 is 4.79 Å². The number of primary amides is 1. The Morgan fingerprint density at radius 3 is 1.93 bits per heavy atom. The second-order valence-electron chi connectivity index (χ2n) is 2.48. The van der Waals surface area contributed by atoms with Crippen LogP contribution in [0.2, 0.25) is 0 Å². The Hall–Kier alpha value is -1.82. The standard InChI is InChI=1S/C8H15N5O/c1-3-5-12(6-4-2)13(7(9)10)8(11)14/h3-4H,1-2,5-6H2,(H3,9,10)(H2,11,14). The molecule has 6 heteroatoms. The van der Waals surface area contributed by atoms with Crippen molar-refractivity contribution in [1.29, 1.82) is 5.41 Å². The average molecular weight is 197 g/mol. The summed E-state index contributed by atoms with van der Waals surface area (Å²) in [6.45, 7) is 7.75. The summed E-state index contributed by atoms with van der Waals surface area (Å²) in [5, 5.41) is 9.48. The lowest BCUT2D eigenvalue weighted by atomic mass is 10.5. The van der Waals surface area contributed by atoms with E-state index in [2.05, 4.69) is 13.2 Å². The molecule has 0 rings (SSSR count). The van der Waals surface area contributed by atoms with Gasteiger partial charge in [0.15, 0.2) is 0 Å². The Morgan fingerprint density at radius 1 is 1.29 bits per heavy atom. The van der Waals surface area contributed by atoms with E-state index in [9.17, 15) is 4.79 Å². The highest BCUT2D eigenvalue weighted by atomic mass is 16.2. The third kappa shape index (κ3) is 3.28. The quantitative estimate of drug-likeness (QED) is 0.247. The molecule has 0 aromatic rings. The van der Waals surface area contributed by atoms with E-state index in [1.807, 2.05) is 0 Å². The van der Waals surface area contributed by atoms with Gasteiger partial charge in [-0.25, -0.2) is 9.80 Å². The molecule has 78 valence electrons. The number of guanidine groups is 1. The number of hydrogen-bond acceptors (Lipinski definition) is 3. The minimum atomic E-state index is -0.804. The fourth-order valence-corrected chi connectivity index (χ4v) is 0.946. The number of urea groups is 1. The van der Waals surface area contributed by atoms with Gasteiger partial charge in [-0.3, -0.25) is 5.41 Å². The zero-order valence-corrected chi connectivity index (χ0v) is 7.94. The maximum Gasteiger partial charge on any atom is 0.336 e. The van der Waals surface area contributed by atoms with Crippen LogP contribution >= 0.6 is 0 Å². The van der Waals surface area contributed by atoms with E-state index in [1.54, 1.807) is 12.2 Å². The second kappa shape index (κ2) is 5.76. The monoisotopic (exact) mass is 197 g/mol. The molecule has 5 N–H and O–H groups in total. The smallest absolute Gasteiger partial charge is 0.336 e. The SMILES string of the molecule is C=CCN(CC=C)N(C(=N)N)C(N)=O. The molecule has 0 fully saturated rings. The Morgan fingerprint density at radius 2 is 1.71 bits per heavy atom. The van der Waals surface area contributed by atoms with Crippen LogP contribution in [-0.4, -0.2) is 35.1 Å². The van der Waals surface area contributed by atoms with Crippen LogP contribution in [0.25, 0.3) is 0 Å². The fraction of sp³-hybridized carbons (Fsp3) is 0.250. The van der Waals surface area contributed by atoms with Crippen molar-refractivity contribution in [2.75, 3.05) is 13.1 Å². The van der Waals surface area contributed by atoms with Gasteiger partial charge >= 0.3 is 6.03 Å². The van der Waals surface area contributed by atoms with Gasteiger partial charge in [-0.2, -0.15) is 5.01 Å². The first-order valence-corrected chi connectivity index (χ1v) is 3.94. The number of hydrazine groups is 1. The van der Waals surface area contributed by atoms with Gasteiger partial charge in [0.05, 0.1) is 0 Å². The first kappa shape index (κ1) is 12.2. The summed E-state index contributed by atoms with van der Waals surface area (Å²) in [6, 6.07) is -0.804. The van der Waals surface area contributed by atoms with Crippen LogP contribution in [0.3, 0.4) is 0 Å². The Balaban J connectivity index is 4.70. The number of hydrogen-bond donors (Lipinski definition) is 3. The number of rotatable bonds is 5. The van der Waals surface area contributed by atoms with E-state index in [0.717, 1.165) is 5.01 Å². The molecule has 0 radical (unpaired) electrons. The number of amides is 2. The number of nitrogens with two attached hydrogens (primary N) is 2. The van der Waals surface area contributed by atoms with Crippen molar-refractivity contribution in [3.8, 4) is 0 Å². The zero-order chi connectivity index (χ0) is 11.1. The van der Waals surface area contributed by atoms with Crippen LogP contribution in [0.15, 0.2) is 25.3 Å². The third-order valence-electron chi connectivity index (χ3n) is 1.40. The Labute approximate surface area is 82.9 Å².